The van der Waals surface area contributed by atoms with Crippen LogP contribution < -0.4 is 10.1 Å². The first-order valence-electron chi connectivity index (χ1n) is 12.5. The normalized spacial score (nSPS) is 18.0. The van der Waals surface area contributed by atoms with Crippen LogP contribution in [0, 0.1) is 11.6 Å². The van der Waals surface area contributed by atoms with E-state index in [1.54, 1.807) is 18.6 Å². The van der Waals surface area contributed by atoms with Crippen LogP contribution in [-0.2, 0) is 0 Å². The van der Waals surface area contributed by atoms with Crippen molar-refractivity contribution in [3.63, 3.8) is 0 Å². The number of hydrogen-bond donors (Lipinski definition) is 3. The number of aliphatic hydroxyl groups excluding tert-OH is 2. The number of anilines is 1. The van der Waals surface area contributed by atoms with E-state index in [2.05, 4.69) is 15.4 Å². The molecule has 1 fully saturated rings. The molecule has 1 aliphatic carbocycles. The maximum Gasteiger partial charge on any atom is 0.167 e. The van der Waals surface area contributed by atoms with Crippen LogP contribution in [0.3, 0.4) is 0 Å². The maximum absolute atomic E-state index is 14.1. The van der Waals surface area contributed by atoms with Crippen molar-refractivity contribution in [3.8, 4) is 17.0 Å². The number of aliphatic hydroxyl groups is 2. The molecule has 0 radical (unpaired) electrons. The quantitative estimate of drug-likeness (QED) is 0.310. The maximum atomic E-state index is 14.1. The molecule has 0 saturated heterocycles. The average Bonchev–Trinajstić information content (AvgIpc) is 3.52. The second-order valence-corrected chi connectivity index (χ2v) is 9.26. The van der Waals surface area contributed by atoms with E-state index in [9.17, 15) is 19.0 Å². The van der Waals surface area contributed by atoms with Crippen LogP contribution in [0.2, 0.25) is 0 Å². The number of benzene rings is 1. The molecule has 0 atom stereocenters. The second-order valence-electron chi connectivity index (χ2n) is 9.26. The predicted molar refractivity (Wildman–Crippen MR) is 134 cm³/mol. The van der Waals surface area contributed by atoms with Crippen molar-refractivity contribution in [1.29, 1.82) is 0 Å². The molecule has 1 saturated carbocycles. The molecule has 0 bridgehead atoms. The topological polar surface area (TPSA) is 110 Å². The van der Waals surface area contributed by atoms with Gasteiger partial charge in [0.2, 0.25) is 0 Å². The molecule has 0 unspecified atom stereocenters. The SMILES string of the molecule is CCNc1cc2c(cn1)c(-c1cnn(C(CO)CO)c1)nn2C1CCC(Oc2ccc(F)cc2F)CC1. The Bertz CT molecular complexity index is 1360. The molecule has 3 aromatic heterocycles. The van der Waals surface area contributed by atoms with Gasteiger partial charge in [0.15, 0.2) is 11.6 Å². The number of nitrogens with zero attached hydrogens (tertiary/aromatic N) is 5. The molecule has 1 aromatic carbocycles. The minimum atomic E-state index is -0.696. The number of pyridine rings is 1. The van der Waals surface area contributed by atoms with Gasteiger partial charge >= 0.3 is 0 Å². The highest BCUT2D eigenvalue weighted by molar-refractivity contribution is 5.93. The lowest BCUT2D eigenvalue weighted by atomic mass is 9.93. The van der Waals surface area contributed by atoms with Crippen molar-refractivity contribution in [1.82, 2.24) is 24.5 Å². The molecular formula is C26H30F2N6O3. The zero-order valence-corrected chi connectivity index (χ0v) is 20.5. The van der Waals surface area contributed by atoms with E-state index < -0.39 is 17.7 Å². The summed E-state index contributed by atoms with van der Waals surface area (Å²) in [6.07, 6.45) is 8.03. The van der Waals surface area contributed by atoms with E-state index in [1.807, 2.05) is 17.7 Å². The second kappa shape index (κ2) is 10.8. The Hall–Kier alpha value is -3.57. The lowest BCUT2D eigenvalue weighted by Crippen LogP contribution is -2.26. The van der Waals surface area contributed by atoms with Crippen molar-refractivity contribution in [2.24, 2.45) is 0 Å². The van der Waals surface area contributed by atoms with Crippen LogP contribution in [0.15, 0.2) is 42.9 Å². The molecule has 5 rings (SSSR count). The third-order valence-corrected chi connectivity index (χ3v) is 6.80. The number of rotatable bonds is 9. The van der Waals surface area contributed by atoms with Crippen LogP contribution in [0.4, 0.5) is 14.6 Å². The molecule has 196 valence electrons. The minimum Gasteiger partial charge on any atom is -0.487 e. The fourth-order valence-electron chi connectivity index (χ4n) is 4.84. The standard InChI is InChI=1S/C26H30F2N6O3/c1-2-29-25-10-23-21(12-30-25)26(16-11-31-33(13-16)19(14-35)15-36)32-34(23)18-4-6-20(7-5-18)37-24-8-3-17(27)9-22(24)28/h3,8-13,18-20,35-36H,2,4-7,14-15H2,1H3,(H,29,30). The van der Waals surface area contributed by atoms with Gasteiger partial charge in [-0.05, 0) is 44.7 Å². The first-order valence-corrected chi connectivity index (χ1v) is 12.5. The van der Waals surface area contributed by atoms with Gasteiger partial charge in [0, 0.05) is 42.0 Å². The van der Waals surface area contributed by atoms with E-state index in [4.69, 9.17) is 9.84 Å². The highest BCUT2D eigenvalue weighted by Gasteiger charge is 2.28. The Morgan fingerprint density at radius 1 is 1.11 bits per heavy atom. The number of halogens is 2. The van der Waals surface area contributed by atoms with Gasteiger partial charge in [0.25, 0.3) is 0 Å². The number of aromatic nitrogens is 5. The summed E-state index contributed by atoms with van der Waals surface area (Å²) in [4.78, 5) is 4.53. The Morgan fingerprint density at radius 3 is 2.59 bits per heavy atom. The molecule has 11 heteroatoms. The van der Waals surface area contributed by atoms with Gasteiger partial charge in [-0.15, -0.1) is 0 Å². The first kappa shape index (κ1) is 25.1. The van der Waals surface area contributed by atoms with Crippen molar-refractivity contribution in [3.05, 3.63) is 54.5 Å². The molecular weight excluding hydrogens is 482 g/mol. The summed E-state index contributed by atoms with van der Waals surface area (Å²) in [5.41, 5.74) is 2.42. The van der Waals surface area contributed by atoms with Gasteiger partial charge in [0.05, 0.1) is 43.1 Å². The third kappa shape index (κ3) is 5.14. The number of nitrogens with one attached hydrogen (secondary N) is 1. The molecule has 0 spiro atoms. The highest BCUT2D eigenvalue weighted by atomic mass is 19.1. The Balaban J connectivity index is 1.41. The third-order valence-electron chi connectivity index (χ3n) is 6.80. The summed E-state index contributed by atoms with van der Waals surface area (Å²) < 4.78 is 36.7. The van der Waals surface area contributed by atoms with Crippen LogP contribution in [0.1, 0.15) is 44.7 Å². The van der Waals surface area contributed by atoms with Crippen molar-refractivity contribution < 1.29 is 23.7 Å². The summed E-state index contributed by atoms with van der Waals surface area (Å²) in [5, 5.41) is 32.5. The fourth-order valence-corrected chi connectivity index (χ4v) is 4.84. The average molecular weight is 513 g/mol. The van der Waals surface area contributed by atoms with Gasteiger partial charge in [-0.3, -0.25) is 9.36 Å². The van der Waals surface area contributed by atoms with Gasteiger partial charge in [-0.25, -0.2) is 13.8 Å². The van der Waals surface area contributed by atoms with E-state index in [0.717, 1.165) is 53.4 Å². The Kier molecular flexibility index (Phi) is 7.33. The van der Waals surface area contributed by atoms with Gasteiger partial charge in [-0.1, -0.05) is 0 Å². The van der Waals surface area contributed by atoms with Crippen molar-refractivity contribution >= 4 is 16.7 Å². The lowest BCUT2D eigenvalue weighted by molar-refractivity contribution is 0.126. The van der Waals surface area contributed by atoms with Gasteiger partial charge in [0.1, 0.15) is 17.3 Å². The number of fused-ring (bicyclic) bond motifs is 1. The smallest absolute Gasteiger partial charge is 0.167 e. The van der Waals surface area contributed by atoms with Gasteiger partial charge < -0.3 is 20.3 Å². The summed E-state index contributed by atoms with van der Waals surface area (Å²) in [6, 6.07) is 4.92. The highest BCUT2D eigenvalue weighted by Crippen LogP contribution is 2.37. The zero-order chi connectivity index (χ0) is 25.9. The molecule has 4 aromatic rings. The Labute approximate surface area is 212 Å². The molecule has 3 N–H and O–H groups in total. The van der Waals surface area contributed by atoms with Crippen molar-refractivity contribution in [2.75, 3.05) is 25.1 Å². The van der Waals surface area contributed by atoms with E-state index in [1.165, 1.54) is 16.8 Å². The Morgan fingerprint density at radius 2 is 1.89 bits per heavy atom. The van der Waals surface area contributed by atoms with Crippen LogP contribution in [0.5, 0.6) is 5.75 Å². The lowest BCUT2D eigenvalue weighted by Gasteiger charge is -2.29. The van der Waals surface area contributed by atoms with Crippen molar-refractivity contribution in [2.45, 2.75) is 50.8 Å². The first-order chi connectivity index (χ1) is 18.0. The zero-order valence-electron chi connectivity index (χ0n) is 20.5. The van der Waals surface area contributed by atoms with E-state index in [0.29, 0.717) is 12.8 Å². The molecule has 9 nitrogen and oxygen atoms in total. The summed E-state index contributed by atoms with van der Waals surface area (Å²) >= 11 is 0. The van der Waals surface area contributed by atoms with Gasteiger partial charge in [-0.2, -0.15) is 10.2 Å². The molecule has 0 amide bonds. The number of ether oxygens (including phenoxy) is 1. The summed E-state index contributed by atoms with van der Waals surface area (Å²) in [5.74, 6) is -0.504. The van der Waals surface area contributed by atoms with E-state index >= 15 is 0 Å². The molecule has 0 aliphatic heterocycles. The van der Waals surface area contributed by atoms with Crippen LogP contribution in [-0.4, -0.2) is 60.6 Å². The summed E-state index contributed by atoms with van der Waals surface area (Å²) in [6.45, 7) is 2.28. The van der Waals surface area contributed by atoms with Crippen LogP contribution >= 0.6 is 0 Å². The van der Waals surface area contributed by atoms with E-state index in [-0.39, 0.29) is 31.1 Å². The molecule has 3 heterocycles. The largest absolute Gasteiger partial charge is 0.487 e. The molecule has 37 heavy (non-hydrogen) atoms. The van der Waals surface area contributed by atoms with Crippen LogP contribution in [0.25, 0.3) is 22.2 Å². The molecule has 1 aliphatic rings. The monoisotopic (exact) mass is 512 g/mol. The summed E-state index contributed by atoms with van der Waals surface area (Å²) in [7, 11) is 0. The number of hydrogen-bond acceptors (Lipinski definition) is 7. The minimum absolute atomic E-state index is 0.0686. The predicted octanol–water partition coefficient (Wildman–Crippen LogP) is 4.09. The fraction of sp³-hybridized carbons (Fsp3) is 0.423.